The lowest BCUT2D eigenvalue weighted by Crippen LogP contribution is -2.50. The van der Waals surface area contributed by atoms with Gasteiger partial charge in [-0.1, -0.05) is 5.21 Å². The number of urea groups is 1. The smallest absolute Gasteiger partial charge is 0.309 e. The number of hydrogen-bond donors (Lipinski definition) is 3. The molecule has 1 aromatic heterocycles. The van der Waals surface area contributed by atoms with E-state index in [2.05, 4.69) is 34.0 Å². The highest BCUT2D eigenvalue weighted by Crippen LogP contribution is 2.30. The minimum atomic E-state index is -0.549. The minimum absolute atomic E-state index is 0.0543. The van der Waals surface area contributed by atoms with Gasteiger partial charge in [-0.05, 0) is 19.3 Å². The molecule has 0 radical (unpaired) electrons. The first kappa shape index (κ1) is 17.5. The SMILES string of the molecule is O=C(NOC[C@H]1C[C@@H](n2ccnn2)CN1)C1CCC2CN1C(=O)N2OS. The Morgan fingerprint density at radius 2 is 2.31 bits per heavy atom. The Balaban J connectivity index is 1.23. The van der Waals surface area contributed by atoms with Crippen LogP contribution in [0.25, 0.3) is 0 Å². The minimum Gasteiger partial charge on any atom is -0.309 e. The standard InChI is InChI=1S/C14H21N7O4S/c22-13(12-2-1-10-7-19(12)14(23)21(10)25-26)17-24-8-9-5-11(6-15-9)20-4-3-16-18-20/h3-4,9-12,15,26H,1-2,5-8H2,(H,17,22)/t9-,10?,11-,12?/m1/s1. The summed E-state index contributed by atoms with van der Waals surface area (Å²) in [5.74, 6) is -0.316. The summed E-state index contributed by atoms with van der Waals surface area (Å²) in [7, 11) is 0. The lowest BCUT2D eigenvalue weighted by molar-refractivity contribution is -0.139. The predicted octanol–water partition coefficient (Wildman–Crippen LogP) is -0.726. The highest BCUT2D eigenvalue weighted by atomic mass is 32.1. The number of rotatable bonds is 6. The van der Waals surface area contributed by atoms with E-state index in [-0.39, 0.29) is 30.1 Å². The average molecular weight is 383 g/mol. The molecule has 4 rings (SSSR count). The molecule has 142 valence electrons. The average Bonchev–Trinajstić information content (AvgIpc) is 3.37. The number of nitrogens with zero attached hydrogens (tertiary/aromatic N) is 5. The molecule has 0 aliphatic carbocycles. The lowest BCUT2D eigenvalue weighted by atomic mass is 10.0. The summed E-state index contributed by atoms with van der Waals surface area (Å²) in [5, 5.41) is 12.4. The number of thiol groups is 1. The van der Waals surface area contributed by atoms with Crippen LogP contribution < -0.4 is 10.8 Å². The molecule has 11 nitrogen and oxygen atoms in total. The second kappa shape index (κ2) is 7.39. The quantitative estimate of drug-likeness (QED) is 0.337. The topological polar surface area (TPSA) is 114 Å². The number of aromatic nitrogens is 3. The van der Waals surface area contributed by atoms with Gasteiger partial charge >= 0.3 is 6.03 Å². The monoisotopic (exact) mass is 383 g/mol. The van der Waals surface area contributed by atoms with E-state index in [1.165, 1.54) is 9.96 Å². The van der Waals surface area contributed by atoms with Crippen molar-refractivity contribution in [3.05, 3.63) is 12.4 Å². The summed E-state index contributed by atoms with van der Waals surface area (Å²) < 4.78 is 6.63. The number of hydrogen-bond acceptors (Lipinski definition) is 8. The van der Waals surface area contributed by atoms with E-state index in [0.717, 1.165) is 13.0 Å². The van der Waals surface area contributed by atoms with Gasteiger partial charge in [-0.2, -0.15) is 5.06 Å². The van der Waals surface area contributed by atoms with Crippen LogP contribution >= 0.6 is 12.9 Å². The van der Waals surface area contributed by atoms with Crippen LogP contribution in [0.1, 0.15) is 25.3 Å². The van der Waals surface area contributed by atoms with Crippen molar-refractivity contribution in [2.45, 2.75) is 43.4 Å². The molecule has 2 bridgehead atoms. The fraction of sp³-hybridized carbons (Fsp3) is 0.714. The zero-order chi connectivity index (χ0) is 18.1. The van der Waals surface area contributed by atoms with Crippen LogP contribution in [-0.2, 0) is 13.9 Å². The van der Waals surface area contributed by atoms with Gasteiger partial charge in [-0.25, -0.2) is 19.2 Å². The molecule has 0 spiro atoms. The van der Waals surface area contributed by atoms with Crippen molar-refractivity contribution in [2.24, 2.45) is 0 Å². The van der Waals surface area contributed by atoms with Crippen molar-refractivity contribution in [1.82, 2.24) is 35.8 Å². The van der Waals surface area contributed by atoms with E-state index in [0.29, 0.717) is 26.0 Å². The molecule has 4 heterocycles. The van der Waals surface area contributed by atoms with Gasteiger partial charge in [0.25, 0.3) is 5.91 Å². The Morgan fingerprint density at radius 1 is 1.42 bits per heavy atom. The molecular formula is C14H21N7O4S. The van der Waals surface area contributed by atoms with Crippen molar-refractivity contribution in [1.29, 1.82) is 0 Å². The molecule has 2 unspecified atom stereocenters. The van der Waals surface area contributed by atoms with Crippen molar-refractivity contribution in [3.63, 3.8) is 0 Å². The number of hydroxylamine groups is 3. The second-order valence-corrected chi connectivity index (χ2v) is 6.91. The molecule has 3 fully saturated rings. The first-order valence-corrected chi connectivity index (χ1v) is 8.96. The van der Waals surface area contributed by atoms with Gasteiger partial charge in [0, 0.05) is 38.2 Å². The lowest BCUT2D eigenvalue weighted by Gasteiger charge is -2.29. The van der Waals surface area contributed by atoms with Crippen molar-refractivity contribution in [3.8, 4) is 0 Å². The molecule has 12 heteroatoms. The summed E-state index contributed by atoms with van der Waals surface area (Å²) in [6.45, 7) is 1.57. The van der Waals surface area contributed by atoms with Gasteiger partial charge in [0.2, 0.25) is 0 Å². The summed E-state index contributed by atoms with van der Waals surface area (Å²) in [6, 6.07) is -0.600. The van der Waals surface area contributed by atoms with Crippen molar-refractivity contribution in [2.75, 3.05) is 19.7 Å². The molecular weight excluding hydrogens is 362 g/mol. The fourth-order valence-corrected chi connectivity index (χ4v) is 4.03. The first-order valence-electron chi connectivity index (χ1n) is 8.59. The fourth-order valence-electron chi connectivity index (χ4n) is 3.83. The molecule has 0 aromatic carbocycles. The van der Waals surface area contributed by atoms with E-state index in [9.17, 15) is 9.59 Å². The zero-order valence-electron chi connectivity index (χ0n) is 14.0. The number of piperidine rings is 1. The highest BCUT2D eigenvalue weighted by Gasteiger charge is 2.48. The number of carbonyl (C=O) groups is 2. The highest BCUT2D eigenvalue weighted by molar-refractivity contribution is 7.75. The van der Waals surface area contributed by atoms with Crippen molar-refractivity contribution < 1.29 is 18.7 Å². The van der Waals surface area contributed by atoms with Crippen LogP contribution in [-0.4, -0.2) is 74.7 Å². The van der Waals surface area contributed by atoms with Crippen LogP contribution in [0.5, 0.6) is 0 Å². The molecule has 1 aromatic rings. The van der Waals surface area contributed by atoms with E-state index >= 15 is 0 Å². The van der Waals surface area contributed by atoms with E-state index in [1.807, 2.05) is 10.9 Å². The second-order valence-electron chi connectivity index (χ2n) is 6.74. The number of fused-ring (bicyclic) bond motifs is 2. The van der Waals surface area contributed by atoms with E-state index in [1.54, 1.807) is 6.20 Å². The van der Waals surface area contributed by atoms with Gasteiger partial charge < -0.3 is 10.2 Å². The zero-order valence-corrected chi connectivity index (χ0v) is 14.9. The van der Waals surface area contributed by atoms with Gasteiger partial charge in [0.1, 0.15) is 6.04 Å². The largest absolute Gasteiger partial charge is 0.345 e. The summed E-state index contributed by atoms with van der Waals surface area (Å²) in [4.78, 5) is 31.5. The maximum absolute atomic E-state index is 12.4. The molecule has 4 atom stereocenters. The Morgan fingerprint density at radius 3 is 3.08 bits per heavy atom. The summed E-state index contributed by atoms with van der Waals surface area (Å²) >= 11 is 3.71. The van der Waals surface area contributed by atoms with Gasteiger partial charge in [-0.3, -0.25) is 9.63 Å². The van der Waals surface area contributed by atoms with Crippen LogP contribution in [0.15, 0.2) is 12.4 Å². The Labute approximate surface area is 155 Å². The van der Waals surface area contributed by atoms with E-state index in [4.69, 9.17) is 9.12 Å². The Kier molecular flexibility index (Phi) is 4.98. The molecule has 3 amide bonds. The van der Waals surface area contributed by atoms with Gasteiger partial charge in [0.05, 0.1) is 24.9 Å². The third-order valence-electron chi connectivity index (χ3n) is 5.18. The third-order valence-corrected chi connectivity index (χ3v) is 5.36. The summed E-state index contributed by atoms with van der Waals surface area (Å²) in [6.07, 6.45) is 5.57. The third kappa shape index (κ3) is 3.24. The molecule has 0 saturated carbocycles. The van der Waals surface area contributed by atoms with Gasteiger partial charge in [0.15, 0.2) is 0 Å². The molecule has 3 saturated heterocycles. The Bertz CT molecular complexity index is 660. The number of amides is 3. The maximum Gasteiger partial charge on any atom is 0.345 e. The van der Waals surface area contributed by atoms with Crippen LogP contribution in [0.4, 0.5) is 4.79 Å². The van der Waals surface area contributed by atoms with Crippen LogP contribution in [0.2, 0.25) is 0 Å². The molecule has 26 heavy (non-hydrogen) atoms. The molecule has 3 aliphatic rings. The van der Waals surface area contributed by atoms with Crippen LogP contribution in [0, 0.1) is 0 Å². The van der Waals surface area contributed by atoms with Gasteiger partial charge in [-0.15, -0.1) is 5.10 Å². The van der Waals surface area contributed by atoms with Crippen molar-refractivity contribution >= 4 is 24.8 Å². The van der Waals surface area contributed by atoms with Crippen LogP contribution in [0.3, 0.4) is 0 Å². The normalized spacial score (nSPS) is 30.9. The summed E-state index contributed by atoms with van der Waals surface area (Å²) in [5.41, 5.74) is 2.48. The number of carbonyl (C=O) groups excluding carboxylic acids is 2. The van der Waals surface area contributed by atoms with E-state index < -0.39 is 6.04 Å². The number of nitrogens with one attached hydrogen (secondary N) is 2. The first-order chi connectivity index (χ1) is 12.7. The Hall–Kier alpha value is -1.89. The maximum atomic E-state index is 12.4. The predicted molar refractivity (Wildman–Crippen MR) is 90.4 cm³/mol. The molecule has 2 N–H and O–H groups in total. The molecule has 3 aliphatic heterocycles.